The smallest absolute Gasteiger partial charge is 0.272 e. The molecule has 0 saturated heterocycles. The molecule has 0 aliphatic carbocycles. The lowest BCUT2D eigenvalue weighted by Crippen LogP contribution is -2.30. The third-order valence-electron chi connectivity index (χ3n) is 2.28. The fourth-order valence-corrected chi connectivity index (χ4v) is 1.54. The van der Waals surface area contributed by atoms with Gasteiger partial charge in [-0.3, -0.25) is 4.79 Å². The van der Waals surface area contributed by atoms with E-state index >= 15 is 0 Å². The van der Waals surface area contributed by atoms with Crippen molar-refractivity contribution in [2.24, 2.45) is 0 Å². The van der Waals surface area contributed by atoms with Gasteiger partial charge in [-0.25, -0.2) is 9.97 Å². The van der Waals surface area contributed by atoms with E-state index < -0.39 is 6.10 Å². The summed E-state index contributed by atoms with van der Waals surface area (Å²) in [6.45, 7) is 3.90. The molecule has 5 nitrogen and oxygen atoms in total. The molecule has 0 aliphatic heterocycles. The first kappa shape index (κ1) is 13.9. The number of aromatic nitrogens is 2. The molecule has 0 saturated carbocycles. The minimum atomic E-state index is -0.430. The van der Waals surface area contributed by atoms with E-state index in [2.05, 4.69) is 9.97 Å². The van der Waals surface area contributed by atoms with Crippen LogP contribution < -0.4 is 0 Å². The van der Waals surface area contributed by atoms with Gasteiger partial charge in [0.2, 0.25) is 5.28 Å². The highest BCUT2D eigenvalue weighted by atomic mass is 35.5. The summed E-state index contributed by atoms with van der Waals surface area (Å²) in [7, 11) is 1.66. The molecule has 0 radical (unpaired) electrons. The van der Waals surface area contributed by atoms with Gasteiger partial charge in [0.05, 0.1) is 6.10 Å². The number of amides is 1. The van der Waals surface area contributed by atoms with Crippen molar-refractivity contribution in [2.75, 3.05) is 13.6 Å². The lowest BCUT2D eigenvalue weighted by Gasteiger charge is -2.17. The van der Waals surface area contributed by atoms with Gasteiger partial charge >= 0.3 is 0 Å². The third-order valence-corrected chi connectivity index (χ3v) is 2.44. The SMILES string of the molecule is Cc1cc(C(=O)N(C)CCC(C)O)nc(Cl)n1. The van der Waals surface area contributed by atoms with Gasteiger partial charge in [-0.05, 0) is 37.9 Å². The van der Waals surface area contributed by atoms with Crippen LogP contribution in [0, 0.1) is 6.92 Å². The Bertz CT molecular complexity index is 389. The molecule has 0 aromatic carbocycles. The van der Waals surface area contributed by atoms with Gasteiger partial charge in [0.15, 0.2) is 0 Å². The van der Waals surface area contributed by atoms with E-state index in [1.165, 1.54) is 4.90 Å². The number of nitrogens with zero attached hydrogens (tertiary/aromatic N) is 3. The van der Waals surface area contributed by atoms with E-state index in [9.17, 15) is 4.79 Å². The molecular formula is C11H16ClN3O2. The number of aryl methyl sites for hydroxylation is 1. The van der Waals surface area contributed by atoms with Crippen LogP contribution in [0.4, 0.5) is 0 Å². The summed E-state index contributed by atoms with van der Waals surface area (Å²) < 4.78 is 0. The molecule has 94 valence electrons. The van der Waals surface area contributed by atoms with E-state index in [1.807, 2.05) is 0 Å². The maximum Gasteiger partial charge on any atom is 0.272 e. The molecule has 1 aromatic heterocycles. The number of rotatable bonds is 4. The maximum absolute atomic E-state index is 12.0. The van der Waals surface area contributed by atoms with Crippen LogP contribution in [0.15, 0.2) is 6.07 Å². The molecule has 1 heterocycles. The summed E-state index contributed by atoms with van der Waals surface area (Å²) in [6.07, 6.45) is 0.0982. The van der Waals surface area contributed by atoms with Crippen molar-refractivity contribution in [3.05, 3.63) is 22.7 Å². The second kappa shape index (κ2) is 5.93. The summed E-state index contributed by atoms with van der Waals surface area (Å²) >= 11 is 5.69. The topological polar surface area (TPSA) is 66.3 Å². The van der Waals surface area contributed by atoms with Crippen LogP contribution in [0.1, 0.15) is 29.5 Å². The molecule has 1 unspecified atom stereocenters. The van der Waals surface area contributed by atoms with E-state index in [-0.39, 0.29) is 16.9 Å². The minimum Gasteiger partial charge on any atom is -0.393 e. The zero-order valence-electron chi connectivity index (χ0n) is 10.1. The van der Waals surface area contributed by atoms with Crippen molar-refractivity contribution in [1.82, 2.24) is 14.9 Å². The fraction of sp³-hybridized carbons (Fsp3) is 0.545. The lowest BCUT2D eigenvalue weighted by atomic mass is 10.2. The number of hydrogen-bond donors (Lipinski definition) is 1. The van der Waals surface area contributed by atoms with Gasteiger partial charge in [-0.15, -0.1) is 0 Å². The molecule has 0 fully saturated rings. The summed E-state index contributed by atoms with van der Waals surface area (Å²) in [5, 5.41) is 9.22. The van der Waals surface area contributed by atoms with Crippen LogP contribution >= 0.6 is 11.6 Å². The summed E-state index contributed by atoms with van der Waals surface area (Å²) in [6, 6.07) is 1.59. The quantitative estimate of drug-likeness (QED) is 0.826. The molecule has 17 heavy (non-hydrogen) atoms. The molecule has 0 bridgehead atoms. The summed E-state index contributed by atoms with van der Waals surface area (Å²) in [4.78, 5) is 21.2. The van der Waals surface area contributed by atoms with E-state index in [1.54, 1.807) is 27.0 Å². The number of aliphatic hydroxyl groups excluding tert-OH is 1. The Hall–Kier alpha value is -1.20. The highest BCUT2D eigenvalue weighted by Crippen LogP contribution is 2.08. The maximum atomic E-state index is 12.0. The van der Waals surface area contributed by atoms with Crippen molar-refractivity contribution >= 4 is 17.5 Å². The predicted octanol–water partition coefficient (Wildman–Crippen LogP) is 1.28. The first-order chi connectivity index (χ1) is 7.90. The molecule has 1 aromatic rings. The van der Waals surface area contributed by atoms with Crippen molar-refractivity contribution in [1.29, 1.82) is 0 Å². The van der Waals surface area contributed by atoms with Gasteiger partial charge in [0.25, 0.3) is 5.91 Å². The Balaban J connectivity index is 2.74. The first-order valence-electron chi connectivity index (χ1n) is 5.35. The zero-order chi connectivity index (χ0) is 13.0. The van der Waals surface area contributed by atoms with E-state index in [4.69, 9.17) is 16.7 Å². The van der Waals surface area contributed by atoms with Gasteiger partial charge in [-0.1, -0.05) is 0 Å². The first-order valence-corrected chi connectivity index (χ1v) is 5.72. The second-order valence-corrected chi connectivity index (χ2v) is 4.37. The normalized spacial score (nSPS) is 12.3. The zero-order valence-corrected chi connectivity index (χ0v) is 10.9. The lowest BCUT2D eigenvalue weighted by molar-refractivity contribution is 0.0763. The van der Waals surface area contributed by atoms with Gasteiger partial charge < -0.3 is 10.0 Å². The number of hydrogen-bond acceptors (Lipinski definition) is 4. The van der Waals surface area contributed by atoms with Gasteiger partial charge in [0.1, 0.15) is 5.69 Å². The highest BCUT2D eigenvalue weighted by molar-refractivity contribution is 6.28. The number of halogens is 1. The Labute approximate surface area is 105 Å². The second-order valence-electron chi connectivity index (χ2n) is 4.03. The van der Waals surface area contributed by atoms with Gasteiger partial charge in [0, 0.05) is 19.3 Å². The van der Waals surface area contributed by atoms with Crippen molar-refractivity contribution in [3.8, 4) is 0 Å². The van der Waals surface area contributed by atoms with Crippen LogP contribution in [0.25, 0.3) is 0 Å². The van der Waals surface area contributed by atoms with Crippen LogP contribution in [-0.4, -0.2) is 45.6 Å². The van der Waals surface area contributed by atoms with E-state index in [0.717, 1.165) is 0 Å². The van der Waals surface area contributed by atoms with Crippen molar-refractivity contribution < 1.29 is 9.90 Å². The molecule has 1 rings (SSSR count). The Morgan fingerprint density at radius 2 is 2.24 bits per heavy atom. The average molecular weight is 258 g/mol. The predicted molar refractivity (Wildman–Crippen MR) is 65.0 cm³/mol. The van der Waals surface area contributed by atoms with Crippen LogP contribution in [0.2, 0.25) is 5.28 Å². The molecular weight excluding hydrogens is 242 g/mol. The average Bonchev–Trinajstić information content (AvgIpc) is 2.23. The highest BCUT2D eigenvalue weighted by Gasteiger charge is 2.15. The number of carbonyl (C=O) groups is 1. The van der Waals surface area contributed by atoms with Crippen LogP contribution in [0.5, 0.6) is 0 Å². The number of aliphatic hydroxyl groups is 1. The Morgan fingerprint density at radius 3 is 2.76 bits per heavy atom. The summed E-state index contributed by atoms with van der Waals surface area (Å²) in [5.74, 6) is -0.224. The fourth-order valence-electron chi connectivity index (χ4n) is 1.32. The third kappa shape index (κ3) is 4.28. The van der Waals surface area contributed by atoms with E-state index in [0.29, 0.717) is 18.7 Å². The molecule has 1 amide bonds. The Morgan fingerprint density at radius 1 is 1.59 bits per heavy atom. The Kier molecular flexibility index (Phi) is 4.84. The minimum absolute atomic E-state index is 0.0669. The van der Waals surface area contributed by atoms with Crippen molar-refractivity contribution in [2.45, 2.75) is 26.4 Å². The largest absolute Gasteiger partial charge is 0.393 e. The molecule has 1 N–H and O–H groups in total. The molecule has 0 spiro atoms. The standard InChI is InChI=1S/C11H16ClN3O2/c1-7-6-9(14-11(12)13-7)10(17)15(3)5-4-8(2)16/h6,8,16H,4-5H2,1-3H3. The van der Waals surface area contributed by atoms with Crippen LogP contribution in [0.3, 0.4) is 0 Å². The molecule has 1 atom stereocenters. The monoisotopic (exact) mass is 257 g/mol. The van der Waals surface area contributed by atoms with Crippen molar-refractivity contribution in [3.63, 3.8) is 0 Å². The molecule has 6 heteroatoms. The van der Waals surface area contributed by atoms with Gasteiger partial charge in [-0.2, -0.15) is 0 Å². The van der Waals surface area contributed by atoms with Crippen LogP contribution in [-0.2, 0) is 0 Å². The number of carbonyl (C=O) groups excluding carboxylic acids is 1. The summed E-state index contributed by atoms with van der Waals surface area (Å²) in [5.41, 5.74) is 0.924. The molecule has 0 aliphatic rings.